The number of carbonyl (C=O) groups excluding carboxylic acids is 1. The van der Waals surface area contributed by atoms with Crippen LogP contribution in [0, 0.1) is 0 Å². The van der Waals surface area contributed by atoms with E-state index in [9.17, 15) is 4.79 Å². The number of ether oxygens (including phenoxy) is 1. The van der Waals surface area contributed by atoms with Crippen molar-refractivity contribution in [1.82, 2.24) is 10.3 Å². The number of halogens is 1. The van der Waals surface area contributed by atoms with E-state index in [1.165, 1.54) is 6.26 Å². The Morgan fingerprint density at radius 3 is 2.71 bits per heavy atom. The van der Waals surface area contributed by atoms with Gasteiger partial charge in [-0.15, -0.1) is 0 Å². The van der Waals surface area contributed by atoms with Gasteiger partial charge >= 0.3 is 0 Å². The molecule has 1 N–H and O–H groups in total. The zero-order valence-electron chi connectivity index (χ0n) is 12.7. The summed E-state index contributed by atoms with van der Waals surface area (Å²) in [6, 6.07) is 14.9. The molecule has 0 unspecified atom stereocenters. The lowest BCUT2D eigenvalue weighted by Gasteiger charge is -2.07. The van der Waals surface area contributed by atoms with E-state index in [1.54, 1.807) is 12.3 Å². The van der Waals surface area contributed by atoms with Gasteiger partial charge in [0.15, 0.2) is 4.67 Å². The number of hydrogen-bond donors (Lipinski definition) is 1. The number of carbonyl (C=O) groups is 1. The van der Waals surface area contributed by atoms with Crippen molar-refractivity contribution in [3.8, 4) is 5.75 Å². The van der Waals surface area contributed by atoms with Crippen molar-refractivity contribution >= 4 is 21.8 Å². The van der Waals surface area contributed by atoms with E-state index in [0.717, 1.165) is 17.0 Å². The van der Waals surface area contributed by atoms with Gasteiger partial charge in [-0.2, -0.15) is 0 Å². The van der Waals surface area contributed by atoms with Crippen LogP contribution in [0.5, 0.6) is 5.75 Å². The predicted octanol–water partition coefficient (Wildman–Crippen LogP) is 3.95. The van der Waals surface area contributed by atoms with Crippen molar-refractivity contribution in [2.45, 2.75) is 13.2 Å². The van der Waals surface area contributed by atoms with E-state index in [1.807, 2.05) is 42.5 Å². The topological polar surface area (TPSA) is 64.4 Å². The minimum absolute atomic E-state index is 0.181. The van der Waals surface area contributed by atoms with E-state index < -0.39 is 0 Å². The summed E-state index contributed by atoms with van der Waals surface area (Å²) >= 11 is 3.17. The number of nitrogens with one attached hydrogen (secondary N) is 1. The SMILES string of the molecule is O=C(NCc1ccc(OCc2ccccn2)cc1)c1coc(Br)c1. The van der Waals surface area contributed by atoms with Crippen LogP contribution in [0.25, 0.3) is 0 Å². The van der Waals surface area contributed by atoms with Crippen molar-refractivity contribution in [1.29, 1.82) is 0 Å². The van der Waals surface area contributed by atoms with Gasteiger partial charge in [0.25, 0.3) is 5.91 Å². The van der Waals surface area contributed by atoms with Crippen molar-refractivity contribution in [3.05, 3.63) is 82.5 Å². The average molecular weight is 387 g/mol. The van der Waals surface area contributed by atoms with Crippen molar-refractivity contribution in [2.75, 3.05) is 0 Å². The van der Waals surface area contributed by atoms with Gasteiger partial charge in [0, 0.05) is 18.8 Å². The molecule has 0 saturated carbocycles. The van der Waals surface area contributed by atoms with E-state index in [0.29, 0.717) is 23.4 Å². The Labute approximate surface area is 147 Å². The molecule has 0 bridgehead atoms. The lowest BCUT2D eigenvalue weighted by atomic mass is 10.2. The number of pyridine rings is 1. The number of benzene rings is 1. The number of hydrogen-bond acceptors (Lipinski definition) is 4. The second-order valence-corrected chi connectivity index (χ2v) is 5.86. The van der Waals surface area contributed by atoms with Crippen LogP contribution in [0.1, 0.15) is 21.6 Å². The highest BCUT2D eigenvalue weighted by Crippen LogP contribution is 2.15. The number of furan rings is 1. The molecule has 0 aliphatic heterocycles. The summed E-state index contributed by atoms with van der Waals surface area (Å²) in [5.74, 6) is 0.578. The van der Waals surface area contributed by atoms with Gasteiger partial charge < -0.3 is 14.5 Å². The van der Waals surface area contributed by atoms with E-state index >= 15 is 0 Å². The van der Waals surface area contributed by atoms with Gasteiger partial charge in [-0.25, -0.2) is 0 Å². The summed E-state index contributed by atoms with van der Waals surface area (Å²) in [5.41, 5.74) is 2.34. The van der Waals surface area contributed by atoms with Crippen LogP contribution in [0.15, 0.2) is 70.1 Å². The molecule has 0 fully saturated rings. The second-order valence-electron chi connectivity index (χ2n) is 5.08. The lowest BCUT2D eigenvalue weighted by molar-refractivity contribution is 0.0950. The Kier molecular flexibility index (Phi) is 5.28. The minimum atomic E-state index is -0.181. The van der Waals surface area contributed by atoms with Crippen LogP contribution >= 0.6 is 15.9 Å². The molecule has 122 valence electrons. The molecule has 3 rings (SSSR count). The summed E-state index contributed by atoms with van der Waals surface area (Å²) in [6.07, 6.45) is 3.15. The molecule has 0 aliphatic carbocycles. The molecule has 0 saturated heterocycles. The smallest absolute Gasteiger partial charge is 0.254 e. The zero-order valence-corrected chi connectivity index (χ0v) is 14.3. The maximum Gasteiger partial charge on any atom is 0.254 e. The third kappa shape index (κ3) is 4.45. The Balaban J connectivity index is 1.50. The van der Waals surface area contributed by atoms with Gasteiger partial charge in [-0.3, -0.25) is 9.78 Å². The van der Waals surface area contributed by atoms with Crippen molar-refractivity contribution in [3.63, 3.8) is 0 Å². The first-order chi connectivity index (χ1) is 11.7. The summed E-state index contributed by atoms with van der Waals surface area (Å²) < 4.78 is 11.3. The predicted molar refractivity (Wildman–Crippen MR) is 92.6 cm³/mol. The highest BCUT2D eigenvalue weighted by Gasteiger charge is 2.08. The second kappa shape index (κ2) is 7.79. The molecule has 0 radical (unpaired) electrons. The molecule has 2 heterocycles. The molecule has 6 heteroatoms. The normalized spacial score (nSPS) is 10.4. The highest BCUT2D eigenvalue weighted by atomic mass is 79.9. The maximum atomic E-state index is 11.9. The first-order valence-electron chi connectivity index (χ1n) is 7.34. The molecule has 0 spiro atoms. The molecule has 1 aromatic carbocycles. The van der Waals surface area contributed by atoms with Crippen LogP contribution in [0.3, 0.4) is 0 Å². The summed E-state index contributed by atoms with van der Waals surface area (Å²) in [7, 11) is 0. The average Bonchev–Trinajstić information content (AvgIpc) is 3.06. The fraction of sp³-hybridized carbons (Fsp3) is 0.111. The largest absolute Gasteiger partial charge is 0.487 e. The summed E-state index contributed by atoms with van der Waals surface area (Å²) in [6.45, 7) is 0.856. The Morgan fingerprint density at radius 2 is 2.04 bits per heavy atom. The third-order valence-electron chi connectivity index (χ3n) is 3.32. The molecule has 3 aromatic rings. The number of rotatable bonds is 6. The number of nitrogens with zero attached hydrogens (tertiary/aromatic N) is 1. The van der Waals surface area contributed by atoms with Crippen LogP contribution < -0.4 is 10.1 Å². The van der Waals surface area contributed by atoms with Gasteiger partial charge in [-0.1, -0.05) is 18.2 Å². The first kappa shape index (κ1) is 16.3. The summed E-state index contributed by atoms with van der Waals surface area (Å²) in [5, 5.41) is 2.84. The number of amides is 1. The van der Waals surface area contributed by atoms with Gasteiger partial charge in [0.1, 0.15) is 18.6 Å². The molecule has 0 atom stereocenters. The lowest BCUT2D eigenvalue weighted by Crippen LogP contribution is -2.22. The molecule has 2 aromatic heterocycles. The highest BCUT2D eigenvalue weighted by molar-refractivity contribution is 9.10. The van der Waals surface area contributed by atoms with E-state index in [2.05, 4.69) is 26.2 Å². The number of aromatic nitrogens is 1. The van der Waals surface area contributed by atoms with Crippen LogP contribution in [-0.2, 0) is 13.2 Å². The Bertz CT molecular complexity index is 801. The molecule has 0 aliphatic rings. The Hall–Kier alpha value is -2.60. The van der Waals surface area contributed by atoms with Crippen LogP contribution in [-0.4, -0.2) is 10.9 Å². The summed E-state index contributed by atoms with van der Waals surface area (Å²) in [4.78, 5) is 16.1. The van der Waals surface area contributed by atoms with Crippen molar-refractivity contribution < 1.29 is 13.9 Å². The fourth-order valence-corrected chi connectivity index (χ4v) is 2.40. The van der Waals surface area contributed by atoms with Crippen LogP contribution in [0.2, 0.25) is 0 Å². The molecule has 1 amide bonds. The standard InChI is InChI=1S/C18H15BrN2O3/c19-17-9-14(11-24-17)18(22)21-10-13-4-6-16(7-5-13)23-12-15-3-1-2-8-20-15/h1-9,11H,10,12H2,(H,21,22). The maximum absolute atomic E-state index is 11.9. The minimum Gasteiger partial charge on any atom is -0.487 e. The fourth-order valence-electron chi connectivity index (χ4n) is 2.06. The monoisotopic (exact) mass is 386 g/mol. The molecular formula is C18H15BrN2O3. The first-order valence-corrected chi connectivity index (χ1v) is 8.14. The van der Waals surface area contributed by atoms with Crippen molar-refractivity contribution in [2.24, 2.45) is 0 Å². The van der Waals surface area contributed by atoms with E-state index in [4.69, 9.17) is 9.15 Å². The van der Waals surface area contributed by atoms with Gasteiger partial charge in [0.05, 0.1) is 11.3 Å². The Morgan fingerprint density at radius 1 is 1.21 bits per heavy atom. The van der Waals surface area contributed by atoms with Gasteiger partial charge in [0.2, 0.25) is 0 Å². The van der Waals surface area contributed by atoms with E-state index in [-0.39, 0.29) is 5.91 Å². The van der Waals surface area contributed by atoms with Crippen LogP contribution in [0.4, 0.5) is 0 Å². The molecule has 24 heavy (non-hydrogen) atoms. The quantitative estimate of drug-likeness (QED) is 0.696. The molecule has 5 nitrogen and oxygen atoms in total. The third-order valence-corrected chi connectivity index (χ3v) is 3.73. The molecular weight excluding hydrogens is 372 g/mol. The zero-order chi connectivity index (χ0) is 16.8. The van der Waals surface area contributed by atoms with Gasteiger partial charge in [-0.05, 0) is 45.8 Å².